The summed E-state index contributed by atoms with van der Waals surface area (Å²) < 4.78 is 14.8. The molecule has 0 saturated carbocycles. The van der Waals surface area contributed by atoms with Gasteiger partial charge >= 0.3 is 0 Å². The van der Waals surface area contributed by atoms with Crippen molar-refractivity contribution in [2.75, 3.05) is 11.1 Å². The molecule has 0 radical (unpaired) electrons. The number of aromatic nitrogens is 2. The number of halogens is 2. The Labute approximate surface area is 153 Å². The average molecular weight is 382 g/mol. The first-order chi connectivity index (χ1) is 11.9. The molecule has 2 heterocycles. The van der Waals surface area contributed by atoms with Gasteiger partial charge in [0.1, 0.15) is 5.82 Å². The zero-order chi connectivity index (χ0) is 18.1. The first-order valence-corrected chi connectivity index (χ1v) is 9.26. The Balaban J connectivity index is 1.81. The Morgan fingerprint density at radius 2 is 2.28 bits per heavy atom. The maximum Gasteiger partial charge on any atom is 0.257 e. The molecule has 0 aliphatic carbocycles. The van der Waals surface area contributed by atoms with E-state index >= 15 is 0 Å². The zero-order valence-corrected chi connectivity index (χ0v) is 15.4. The van der Waals surface area contributed by atoms with E-state index in [1.165, 1.54) is 30.0 Å². The van der Waals surface area contributed by atoms with E-state index in [1.54, 1.807) is 4.57 Å². The molecule has 1 aliphatic rings. The summed E-state index contributed by atoms with van der Waals surface area (Å²) in [4.78, 5) is 29.6. The molecule has 3 rings (SSSR count). The quantitative estimate of drug-likeness (QED) is 0.829. The minimum Gasteiger partial charge on any atom is -0.326 e. The van der Waals surface area contributed by atoms with Crippen molar-refractivity contribution in [3.63, 3.8) is 0 Å². The van der Waals surface area contributed by atoms with E-state index in [0.29, 0.717) is 28.6 Å². The topological polar surface area (TPSA) is 64.0 Å². The Bertz CT molecular complexity index is 900. The number of carbonyl (C=O) groups is 1. The molecule has 1 unspecified atom stereocenters. The molecule has 1 N–H and O–H groups in total. The molecule has 1 amide bonds. The summed E-state index contributed by atoms with van der Waals surface area (Å²) in [6, 6.07) is 4.02. The van der Waals surface area contributed by atoms with Crippen LogP contribution in [0.25, 0.3) is 0 Å². The third kappa shape index (κ3) is 3.57. The minimum absolute atomic E-state index is 0.0513. The van der Waals surface area contributed by atoms with Gasteiger partial charge < -0.3 is 5.32 Å². The van der Waals surface area contributed by atoms with Gasteiger partial charge in [0.25, 0.3) is 5.56 Å². The van der Waals surface area contributed by atoms with Crippen LogP contribution in [0.4, 0.5) is 10.1 Å². The number of hydrogen-bond donors (Lipinski definition) is 1. The third-order valence-electron chi connectivity index (χ3n) is 4.16. The number of amides is 1. The fourth-order valence-electron chi connectivity index (χ4n) is 2.78. The van der Waals surface area contributed by atoms with Crippen LogP contribution in [0.15, 0.2) is 28.2 Å². The highest BCUT2D eigenvalue weighted by Gasteiger charge is 2.28. The van der Waals surface area contributed by atoms with Crippen molar-refractivity contribution < 1.29 is 9.18 Å². The lowest BCUT2D eigenvalue weighted by Gasteiger charge is -2.25. The van der Waals surface area contributed by atoms with E-state index in [0.717, 1.165) is 5.69 Å². The van der Waals surface area contributed by atoms with Crippen LogP contribution < -0.4 is 10.9 Å². The summed E-state index contributed by atoms with van der Waals surface area (Å²) in [6.45, 7) is 4.03. The van der Waals surface area contributed by atoms with E-state index in [2.05, 4.69) is 10.3 Å². The maximum absolute atomic E-state index is 13.2. The number of rotatable bonds is 3. The molecule has 25 heavy (non-hydrogen) atoms. The number of nitrogens with one attached hydrogen (secondary N) is 1. The number of carbonyl (C=O) groups excluding carboxylic acids is 1. The first-order valence-electron chi connectivity index (χ1n) is 7.89. The van der Waals surface area contributed by atoms with Gasteiger partial charge in [-0.05, 0) is 31.5 Å². The van der Waals surface area contributed by atoms with Crippen LogP contribution in [0.5, 0.6) is 0 Å². The Hall–Kier alpha value is -1.86. The standard InChI is InChI=1S/C17H17ClFN3O2S/c1-3-12-9(2)20-17-22(16(12)24)7-10(8-25-17)15(23)21-11-4-5-14(19)13(18)6-11/h4-6,10H,3,7-8H2,1-2H3,(H,21,23). The second kappa shape index (κ2) is 7.17. The number of nitrogens with zero attached hydrogens (tertiary/aromatic N) is 2. The smallest absolute Gasteiger partial charge is 0.257 e. The molecule has 1 aromatic carbocycles. The molecule has 2 aromatic rings. The van der Waals surface area contributed by atoms with Crippen molar-refractivity contribution in [2.24, 2.45) is 5.92 Å². The highest BCUT2D eigenvalue weighted by atomic mass is 35.5. The highest BCUT2D eigenvalue weighted by Crippen LogP contribution is 2.27. The van der Waals surface area contributed by atoms with E-state index < -0.39 is 5.82 Å². The van der Waals surface area contributed by atoms with E-state index in [9.17, 15) is 14.0 Å². The number of anilines is 1. The summed E-state index contributed by atoms with van der Waals surface area (Å²) in [5.41, 5.74) is 1.77. The van der Waals surface area contributed by atoms with Crippen LogP contribution in [0.3, 0.4) is 0 Å². The third-order valence-corrected chi connectivity index (χ3v) is 5.59. The monoisotopic (exact) mass is 381 g/mol. The summed E-state index contributed by atoms with van der Waals surface area (Å²) >= 11 is 7.13. The normalized spacial score (nSPS) is 16.4. The molecule has 5 nitrogen and oxygen atoms in total. The van der Waals surface area contributed by atoms with Gasteiger partial charge in [0.15, 0.2) is 5.16 Å². The fraction of sp³-hybridized carbons (Fsp3) is 0.353. The molecule has 0 bridgehead atoms. The van der Waals surface area contributed by atoms with Crippen molar-refractivity contribution in [3.8, 4) is 0 Å². The number of aryl methyl sites for hydroxylation is 1. The van der Waals surface area contributed by atoms with E-state index in [1.807, 2.05) is 13.8 Å². The lowest BCUT2D eigenvalue weighted by molar-refractivity contribution is -0.119. The van der Waals surface area contributed by atoms with Gasteiger partial charge in [0.05, 0.1) is 10.9 Å². The van der Waals surface area contributed by atoms with Gasteiger partial charge in [-0.25, -0.2) is 9.37 Å². The molecule has 1 aromatic heterocycles. The highest BCUT2D eigenvalue weighted by molar-refractivity contribution is 7.99. The summed E-state index contributed by atoms with van der Waals surface area (Å²) in [5, 5.41) is 3.33. The molecule has 132 valence electrons. The maximum atomic E-state index is 13.2. The second-order valence-electron chi connectivity index (χ2n) is 5.85. The number of fused-ring (bicyclic) bond motifs is 1. The van der Waals surface area contributed by atoms with Gasteiger partial charge in [-0.3, -0.25) is 14.2 Å². The van der Waals surface area contributed by atoms with Crippen molar-refractivity contribution in [1.82, 2.24) is 9.55 Å². The predicted octanol–water partition coefficient (Wildman–Crippen LogP) is 3.27. The lowest BCUT2D eigenvalue weighted by atomic mass is 10.1. The molecular weight excluding hydrogens is 365 g/mol. The van der Waals surface area contributed by atoms with Crippen molar-refractivity contribution in [3.05, 3.63) is 50.7 Å². The SMILES string of the molecule is CCc1c(C)nc2n(c1=O)CC(C(=O)Nc1ccc(F)c(Cl)c1)CS2. The van der Waals surface area contributed by atoms with Crippen molar-refractivity contribution >= 4 is 35.0 Å². The molecule has 1 atom stereocenters. The van der Waals surface area contributed by atoms with Crippen LogP contribution in [0, 0.1) is 18.7 Å². The molecule has 0 saturated heterocycles. The Kier molecular flexibility index (Phi) is 5.15. The van der Waals surface area contributed by atoms with Crippen LogP contribution in [0.1, 0.15) is 18.2 Å². The van der Waals surface area contributed by atoms with Crippen LogP contribution >= 0.6 is 23.4 Å². The number of thioether (sulfide) groups is 1. The number of hydrogen-bond acceptors (Lipinski definition) is 4. The van der Waals surface area contributed by atoms with Crippen LogP contribution in [-0.2, 0) is 17.8 Å². The molecular formula is C17H17ClFN3O2S. The predicted molar refractivity (Wildman–Crippen MR) is 96.9 cm³/mol. The fourth-order valence-corrected chi connectivity index (χ4v) is 4.08. The van der Waals surface area contributed by atoms with Crippen molar-refractivity contribution in [2.45, 2.75) is 32.0 Å². The van der Waals surface area contributed by atoms with Gasteiger partial charge in [-0.1, -0.05) is 30.3 Å². The largest absolute Gasteiger partial charge is 0.326 e. The Morgan fingerprint density at radius 1 is 1.52 bits per heavy atom. The summed E-state index contributed by atoms with van der Waals surface area (Å²) in [5.74, 6) is -0.625. The van der Waals surface area contributed by atoms with Gasteiger partial charge in [-0.15, -0.1) is 0 Å². The Morgan fingerprint density at radius 3 is 2.96 bits per heavy atom. The summed E-state index contributed by atoms with van der Waals surface area (Å²) in [7, 11) is 0. The lowest BCUT2D eigenvalue weighted by Crippen LogP contribution is -2.38. The molecule has 1 aliphatic heterocycles. The van der Waals surface area contributed by atoms with Gasteiger partial charge in [0, 0.05) is 29.2 Å². The van der Waals surface area contributed by atoms with Crippen molar-refractivity contribution in [1.29, 1.82) is 0 Å². The second-order valence-corrected chi connectivity index (χ2v) is 7.25. The molecule has 0 spiro atoms. The van der Waals surface area contributed by atoms with E-state index in [4.69, 9.17) is 11.6 Å². The number of benzene rings is 1. The summed E-state index contributed by atoms with van der Waals surface area (Å²) in [6.07, 6.45) is 0.605. The van der Waals surface area contributed by atoms with Crippen LogP contribution in [0.2, 0.25) is 5.02 Å². The average Bonchev–Trinajstić information content (AvgIpc) is 2.58. The zero-order valence-electron chi connectivity index (χ0n) is 13.8. The van der Waals surface area contributed by atoms with Crippen LogP contribution in [-0.4, -0.2) is 21.2 Å². The molecule has 0 fully saturated rings. The molecule has 8 heteroatoms. The van der Waals surface area contributed by atoms with E-state index in [-0.39, 0.29) is 29.0 Å². The van der Waals surface area contributed by atoms with Gasteiger partial charge in [0.2, 0.25) is 5.91 Å². The first kappa shape index (κ1) is 17.9. The van der Waals surface area contributed by atoms with Gasteiger partial charge in [-0.2, -0.15) is 0 Å². The minimum atomic E-state index is -0.540.